The van der Waals surface area contributed by atoms with Gasteiger partial charge in [0.1, 0.15) is 0 Å². The van der Waals surface area contributed by atoms with Crippen LogP contribution < -0.4 is 0 Å². The van der Waals surface area contributed by atoms with Gasteiger partial charge in [-0.1, -0.05) is 32.9 Å². The molecular formula is C10H18O. The third kappa shape index (κ3) is 1.34. The molecule has 0 heterocycles. The summed E-state index contributed by atoms with van der Waals surface area (Å²) in [5, 5.41) is 8.89. The standard InChI is InChI=1S/C10H18O/c1-9(2)5-4-6-10(9,3)7-8-11/h4,6,11H,5,7-8H2,1-3H3/t10-/m0/s1. The van der Waals surface area contributed by atoms with Crippen molar-refractivity contribution >= 4 is 0 Å². The lowest BCUT2D eigenvalue weighted by atomic mass is 9.67. The molecule has 1 aliphatic carbocycles. The van der Waals surface area contributed by atoms with Crippen molar-refractivity contribution in [2.45, 2.75) is 33.6 Å². The Bertz CT molecular complexity index is 170. The Morgan fingerprint density at radius 1 is 1.36 bits per heavy atom. The molecule has 11 heavy (non-hydrogen) atoms. The second-order valence-electron chi connectivity index (χ2n) is 4.38. The predicted molar refractivity (Wildman–Crippen MR) is 47.3 cm³/mol. The maximum absolute atomic E-state index is 8.89. The van der Waals surface area contributed by atoms with Gasteiger partial charge >= 0.3 is 0 Å². The van der Waals surface area contributed by atoms with Crippen molar-refractivity contribution in [1.82, 2.24) is 0 Å². The molecule has 0 aromatic rings. The third-order valence-corrected chi connectivity index (χ3v) is 3.29. The number of rotatable bonds is 2. The van der Waals surface area contributed by atoms with E-state index in [9.17, 15) is 0 Å². The van der Waals surface area contributed by atoms with Gasteiger partial charge in [-0.25, -0.2) is 0 Å². The highest BCUT2D eigenvalue weighted by atomic mass is 16.3. The molecule has 0 aromatic carbocycles. The SMILES string of the molecule is CC1(C)CC=C[C@@]1(C)CCO. The van der Waals surface area contributed by atoms with E-state index >= 15 is 0 Å². The van der Waals surface area contributed by atoms with Crippen LogP contribution in [0.1, 0.15) is 33.6 Å². The number of aliphatic hydroxyl groups is 1. The van der Waals surface area contributed by atoms with Crippen LogP contribution in [-0.2, 0) is 0 Å². The Morgan fingerprint density at radius 2 is 2.00 bits per heavy atom. The highest BCUT2D eigenvalue weighted by Crippen LogP contribution is 2.49. The Morgan fingerprint density at radius 3 is 2.36 bits per heavy atom. The van der Waals surface area contributed by atoms with Crippen molar-refractivity contribution < 1.29 is 5.11 Å². The maximum atomic E-state index is 8.89. The summed E-state index contributed by atoms with van der Waals surface area (Å²) in [7, 11) is 0. The van der Waals surface area contributed by atoms with Gasteiger partial charge in [-0.05, 0) is 23.7 Å². The zero-order valence-electron chi connectivity index (χ0n) is 7.72. The highest BCUT2D eigenvalue weighted by molar-refractivity contribution is 5.13. The molecule has 0 aliphatic heterocycles. The van der Waals surface area contributed by atoms with Gasteiger partial charge in [0.2, 0.25) is 0 Å². The summed E-state index contributed by atoms with van der Waals surface area (Å²) in [6, 6.07) is 0. The van der Waals surface area contributed by atoms with E-state index in [1.165, 1.54) is 0 Å². The topological polar surface area (TPSA) is 20.2 Å². The van der Waals surface area contributed by atoms with Crippen LogP contribution >= 0.6 is 0 Å². The molecule has 1 rings (SSSR count). The van der Waals surface area contributed by atoms with Gasteiger partial charge in [0.15, 0.2) is 0 Å². The molecule has 0 fully saturated rings. The smallest absolute Gasteiger partial charge is 0.0439 e. The molecule has 0 saturated heterocycles. The van der Waals surface area contributed by atoms with E-state index in [-0.39, 0.29) is 5.41 Å². The molecule has 0 spiro atoms. The van der Waals surface area contributed by atoms with Gasteiger partial charge in [0, 0.05) is 6.61 Å². The summed E-state index contributed by atoms with van der Waals surface area (Å²) in [5.41, 5.74) is 0.539. The second kappa shape index (κ2) is 2.63. The molecule has 1 heteroatoms. The van der Waals surface area contributed by atoms with Crippen molar-refractivity contribution in [3.05, 3.63) is 12.2 Å². The Balaban J connectivity index is 2.75. The largest absolute Gasteiger partial charge is 0.396 e. The van der Waals surface area contributed by atoms with Gasteiger partial charge in [-0.15, -0.1) is 0 Å². The lowest BCUT2D eigenvalue weighted by Gasteiger charge is -2.37. The molecule has 0 saturated carbocycles. The lowest BCUT2D eigenvalue weighted by Crippen LogP contribution is -2.30. The zero-order valence-corrected chi connectivity index (χ0v) is 7.72. The minimum atomic E-state index is 0.210. The van der Waals surface area contributed by atoms with E-state index in [0.717, 1.165) is 12.8 Å². The number of aliphatic hydroxyl groups excluding tert-OH is 1. The van der Waals surface area contributed by atoms with Crippen molar-refractivity contribution in [3.8, 4) is 0 Å². The van der Waals surface area contributed by atoms with Gasteiger partial charge < -0.3 is 5.11 Å². The van der Waals surface area contributed by atoms with Gasteiger partial charge in [-0.3, -0.25) is 0 Å². The van der Waals surface area contributed by atoms with E-state index in [4.69, 9.17) is 5.11 Å². The van der Waals surface area contributed by atoms with Crippen molar-refractivity contribution in [1.29, 1.82) is 0 Å². The average molecular weight is 154 g/mol. The van der Waals surface area contributed by atoms with Gasteiger partial charge in [-0.2, -0.15) is 0 Å². The third-order valence-electron chi connectivity index (χ3n) is 3.29. The number of allylic oxidation sites excluding steroid dienone is 2. The molecule has 1 nitrogen and oxygen atoms in total. The fraction of sp³-hybridized carbons (Fsp3) is 0.800. The molecule has 1 atom stereocenters. The van der Waals surface area contributed by atoms with Crippen LogP contribution in [0.3, 0.4) is 0 Å². The van der Waals surface area contributed by atoms with E-state index < -0.39 is 0 Å². The fourth-order valence-corrected chi connectivity index (χ4v) is 1.73. The molecule has 0 bridgehead atoms. The Labute approximate surface area is 69.1 Å². The first-order chi connectivity index (χ1) is 5.02. The average Bonchev–Trinajstić information content (AvgIpc) is 2.09. The molecule has 1 aliphatic rings. The van der Waals surface area contributed by atoms with Crippen molar-refractivity contribution in [3.63, 3.8) is 0 Å². The molecular weight excluding hydrogens is 136 g/mol. The van der Waals surface area contributed by atoms with Crippen molar-refractivity contribution in [2.75, 3.05) is 6.61 Å². The van der Waals surface area contributed by atoms with Crippen LogP contribution in [0.5, 0.6) is 0 Å². The first-order valence-corrected chi connectivity index (χ1v) is 4.30. The molecule has 0 radical (unpaired) electrons. The molecule has 1 N–H and O–H groups in total. The van der Waals surface area contributed by atoms with Gasteiger partial charge in [0.05, 0.1) is 0 Å². The number of hydrogen-bond donors (Lipinski definition) is 1. The second-order valence-corrected chi connectivity index (χ2v) is 4.38. The van der Waals surface area contributed by atoms with Crippen LogP contribution in [0.15, 0.2) is 12.2 Å². The van der Waals surface area contributed by atoms with E-state index in [2.05, 4.69) is 32.9 Å². The predicted octanol–water partition coefficient (Wildman–Crippen LogP) is 2.36. The normalized spacial score (nSPS) is 34.5. The molecule has 64 valence electrons. The Kier molecular flexibility index (Phi) is 2.10. The summed E-state index contributed by atoms with van der Waals surface area (Å²) in [6.07, 6.45) is 6.51. The van der Waals surface area contributed by atoms with E-state index in [1.54, 1.807) is 0 Å². The summed E-state index contributed by atoms with van der Waals surface area (Å²) in [4.78, 5) is 0. The van der Waals surface area contributed by atoms with Gasteiger partial charge in [0.25, 0.3) is 0 Å². The molecule has 0 amide bonds. The van der Waals surface area contributed by atoms with Crippen LogP contribution in [-0.4, -0.2) is 11.7 Å². The van der Waals surface area contributed by atoms with Crippen LogP contribution in [0.25, 0.3) is 0 Å². The minimum Gasteiger partial charge on any atom is -0.396 e. The first-order valence-electron chi connectivity index (χ1n) is 4.30. The molecule has 0 unspecified atom stereocenters. The van der Waals surface area contributed by atoms with Crippen molar-refractivity contribution in [2.24, 2.45) is 10.8 Å². The van der Waals surface area contributed by atoms with Crippen LogP contribution in [0, 0.1) is 10.8 Å². The zero-order chi connectivity index (χ0) is 8.54. The number of hydrogen-bond acceptors (Lipinski definition) is 1. The highest BCUT2D eigenvalue weighted by Gasteiger charge is 2.40. The quantitative estimate of drug-likeness (QED) is 0.605. The van der Waals surface area contributed by atoms with Crippen LogP contribution in [0.4, 0.5) is 0 Å². The maximum Gasteiger partial charge on any atom is 0.0439 e. The summed E-state index contributed by atoms with van der Waals surface area (Å²) >= 11 is 0. The van der Waals surface area contributed by atoms with E-state index in [1.807, 2.05) is 0 Å². The molecule has 0 aromatic heterocycles. The van der Waals surface area contributed by atoms with Crippen LogP contribution in [0.2, 0.25) is 0 Å². The minimum absolute atomic E-state index is 0.210. The summed E-state index contributed by atoms with van der Waals surface area (Å²) in [5.74, 6) is 0. The summed E-state index contributed by atoms with van der Waals surface area (Å²) in [6.45, 7) is 7.06. The van der Waals surface area contributed by atoms with E-state index in [0.29, 0.717) is 12.0 Å². The lowest BCUT2D eigenvalue weighted by molar-refractivity contribution is 0.120. The monoisotopic (exact) mass is 154 g/mol. The Hall–Kier alpha value is -0.300. The summed E-state index contributed by atoms with van der Waals surface area (Å²) < 4.78 is 0. The first kappa shape index (κ1) is 8.79. The fourth-order valence-electron chi connectivity index (χ4n) is 1.73.